The predicted molar refractivity (Wildman–Crippen MR) is 50.3 cm³/mol. The molecule has 0 aliphatic heterocycles. The lowest BCUT2D eigenvalue weighted by Crippen LogP contribution is -1.97. The Morgan fingerprint density at radius 1 is 1.62 bits per heavy atom. The molecule has 1 rings (SSSR count). The Bertz CT molecular complexity index is 359. The van der Waals surface area contributed by atoms with E-state index in [9.17, 15) is 14.5 Å². The first kappa shape index (κ1) is 10.4. The van der Waals surface area contributed by atoms with Crippen molar-refractivity contribution in [3.05, 3.63) is 38.1 Å². The normalized spacial score (nSPS) is 10.1. The van der Waals surface area contributed by atoms with Crippen LogP contribution in [0, 0.1) is 15.9 Å². The maximum Gasteiger partial charge on any atom is 0.310 e. The lowest BCUT2D eigenvalue weighted by molar-refractivity contribution is -0.388. The summed E-state index contributed by atoms with van der Waals surface area (Å²) in [6.07, 6.45) is 0. The second-order valence-corrected chi connectivity index (χ2v) is 3.38. The van der Waals surface area contributed by atoms with Crippen molar-refractivity contribution in [3.63, 3.8) is 0 Å². The van der Waals surface area contributed by atoms with Gasteiger partial charge < -0.3 is 0 Å². The van der Waals surface area contributed by atoms with Crippen molar-refractivity contribution in [2.24, 2.45) is 0 Å². The van der Waals surface area contributed by atoms with E-state index in [1.165, 1.54) is 12.1 Å². The van der Waals surface area contributed by atoms with Crippen LogP contribution in [-0.4, -0.2) is 4.92 Å². The monoisotopic (exact) mass is 267 g/mol. The van der Waals surface area contributed by atoms with E-state index in [2.05, 4.69) is 15.9 Å². The maximum atomic E-state index is 13.2. The molecule has 13 heavy (non-hydrogen) atoms. The van der Waals surface area contributed by atoms with Crippen molar-refractivity contribution >= 4 is 33.2 Å². The number of rotatable bonds is 2. The molecule has 0 amide bonds. The minimum atomic E-state index is -0.886. The van der Waals surface area contributed by atoms with E-state index in [0.29, 0.717) is 0 Å². The van der Waals surface area contributed by atoms with Crippen molar-refractivity contribution in [3.8, 4) is 0 Å². The zero-order valence-electron chi connectivity index (χ0n) is 6.26. The van der Waals surface area contributed by atoms with Crippen LogP contribution in [-0.2, 0) is 5.88 Å². The summed E-state index contributed by atoms with van der Waals surface area (Å²) in [5.41, 5.74) is -0.392. The van der Waals surface area contributed by atoms with Crippen LogP contribution < -0.4 is 0 Å². The summed E-state index contributed by atoms with van der Waals surface area (Å²) >= 11 is 8.27. The fourth-order valence-electron chi connectivity index (χ4n) is 0.885. The van der Waals surface area contributed by atoms with Gasteiger partial charge in [0, 0.05) is 5.56 Å². The quantitative estimate of drug-likeness (QED) is 0.469. The van der Waals surface area contributed by atoms with E-state index in [0.717, 1.165) is 0 Å². The Balaban J connectivity index is 3.41. The lowest BCUT2D eigenvalue weighted by Gasteiger charge is -2.00. The van der Waals surface area contributed by atoms with E-state index in [4.69, 9.17) is 11.6 Å². The average molecular weight is 268 g/mol. The standard InChI is InChI=1S/C7H4BrClFNO2/c8-5-2-1-4(3-9)7(6(5)10)11(12)13/h1-2H,3H2. The van der Waals surface area contributed by atoms with Gasteiger partial charge in [-0.2, -0.15) is 4.39 Å². The molecule has 0 heterocycles. The van der Waals surface area contributed by atoms with Crippen LogP contribution in [0.4, 0.5) is 10.1 Å². The highest BCUT2D eigenvalue weighted by atomic mass is 79.9. The number of benzene rings is 1. The molecule has 6 heteroatoms. The molecule has 0 radical (unpaired) electrons. The molecule has 1 aromatic carbocycles. The Hall–Kier alpha value is -0.680. The molecule has 0 atom stereocenters. The van der Waals surface area contributed by atoms with E-state index in [1.54, 1.807) is 0 Å². The second kappa shape index (κ2) is 4.02. The van der Waals surface area contributed by atoms with Gasteiger partial charge in [0.05, 0.1) is 15.3 Å². The summed E-state index contributed by atoms with van der Waals surface area (Å²) < 4.78 is 13.2. The SMILES string of the molecule is O=[N+]([O-])c1c(CCl)ccc(Br)c1F. The number of nitro benzene ring substituents is 1. The van der Waals surface area contributed by atoms with Gasteiger partial charge in [-0.05, 0) is 28.1 Å². The number of alkyl halides is 1. The summed E-state index contributed by atoms with van der Waals surface area (Å²) in [4.78, 5) is 9.66. The van der Waals surface area contributed by atoms with Crippen molar-refractivity contribution in [2.45, 2.75) is 5.88 Å². The molecule has 0 aliphatic rings. The molecule has 70 valence electrons. The van der Waals surface area contributed by atoms with E-state index in [1.807, 2.05) is 0 Å². The minimum absolute atomic E-state index is 0.0630. The van der Waals surface area contributed by atoms with Gasteiger partial charge >= 0.3 is 5.69 Å². The first-order valence-corrected chi connectivity index (χ1v) is 4.58. The molecule has 0 spiro atoms. The minimum Gasteiger partial charge on any atom is -0.258 e. The molecular weight excluding hydrogens is 264 g/mol. The van der Waals surface area contributed by atoms with Crippen molar-refractivity contribution in [2.75, 3.05) is 0 Å². The number of hydrogen-bond donors (Lipinski definition) is 0. The van der Waals surface area contributed by atoms with Gasteiger partial charge in [0.25, 0.3) is 0 Å². The summed E-state index contributed by atoms with van der Waals surface area (Å²) in [7, 11) is 0. The predicted octanol–water partition coefficient (Wildman–Crippen LogP) is 3.24. The average Bonchev–Trinajstić information content (AvgIpc) is 2.08. The Morgan fingerprint density at radius 2 is 2.23 bits per heavy atom. The molecule has 0 aliphatic carbocycles. The maximum absolute atomic E-state index is 13.2. The highest BCUT2D eigenvalue weighted by Gasteiger charge is 2.21. The smallest absolute Gasteiger partial charge is 0.258 e. The second-order valence-electron chi connectivity index (χ2n) is 2.26. The Kier molecular flexibility index (Phi) is 3.22. The van der Waals surface area contributed by atoms with Crippen LogP contribution in [0.3, 0.4) is 0 Å². The summed E-state index contributed by atoms with van der Waals surface area (Å²) in [6.45, 7) is 0. The van der Waals surface area contributed by atoms with Crippen molar-refractivity contribution in [1.29, 1.82) is 0 Å². The van der Waals surface area contributed by atoms with Gasteiger partial charge in [-0.1, -0.05) is 0 Å². The van der Waals surface area contributed by atoms with E-state index in [-0.39, 0.29) is 15.9 Å². The molecule has 0 saturated heterocycles. The molecule has 0 fully saturated rings. The number of nitro groups is 1. The van der Waals surface area contributed by atoms with Crippen LogP contribution in [0.25, 0.3) is 0 Å². The third kappa shape index (κ3) is 1.97. The third-order valence-electron chi connectivity index (χ3n) is 1.48. The molecule has 1 aromatic rings. The number of hydrogen-bond acceptors (Lipinski definition) is 2. The van der Waals surface area contributed by atoms with Crippen LogP contribution in [0.2, 0.25) is 0 Å². The first-order valence-electron chi connectivity index (χ1n) is 3.25. The van der Waals surface area contributed by atoms with Gasteiger partial charge in [0.15, 0.2) is 0 Å². The zero-order valence-corrected chi connectivity index (χ0v) is 8.60. The van der Waals surface area contributed by atoms with E-state index < -0.39 is 16.4 Å². The number of halogens is 3. The fraction of sp³-hybridized carbons (Fsp3) is 0.143. The van der Waals surface area contributed by atoms with Gasteiger partial charge in [-0.15, -0.1) is 11.6 Å². The highest BCUT2D eigenvalue weighted by molar-refractivity contribution is 9.10. The molecule has 0 saturated carbocycles. The Morgan fingerprint density at radius 3 is 2.69 bits per heavy atom. The molecule has 0 N–H and O–H groups in total. The van der Waals surface area contributed by atoms with Gasteiger partial charge in [0.2, 0.25) is 5.82 Å². The summed E-state index contributed by atoms with van der Waals surface area (Å²) in [6, 6.07) is 2.80. The van der Waals surface area contributed by atoms with Crippen LogP contribution in [0.5, 0.6) is 0 Å². The Labute approximate surface area is 86.8 Å². The van der Waals surface area contributed by atoms with Gasteiger partial charge in [-0.3, -0.25) is 10.1 Å². The molecule has 0 unspecified atom stereocenters. The molecule has 0 bridgehead atoms. The van der Waals surface area contributed by atoms with Crippen LogP contribution >= 0.6 is 27.5 Å². The van der Waals surface area contributed by atoms with Gasteiger partial charge in [0.1, 0.15) is 0 Å². The molecule has 3 nitrogen and oxygen atoms in total. The van der Waals surface area contributed by atoms with Crippen LogP contribution in [0.1, 0.15) is 5.56 Å². The van der Waals surface area contributed by atoms with Gasteiger partial charge in [-0.25, -0.2) is 0 Å². The first-order chi connectivity index (χ1) is 6.07. The highest BCUT2D eigenvalue weighted by Crippen LogP contribution is 2.29. The number of nitrogens with zero attached hydrogens (tertiary/aromatic N) is 1. The topological polar surface area (TPSA) is 43.1 Å². The largest absolute Gasteiger partial charge is 0.310 e. The summed E-state index contributed by atoms with van der Waals surface area (Å²) in [5, 5.41) is 10.4. The zero-order chi connectivity index (χ0) is 10.0. The fourth-order valence-corrected chi connectivity index (χ4v) is 1.42. The molecule has 0 aromatic heterocycles. The van der Waals surface area contributed by atoms with Crippen molar-refractivity contribution in [1.82, 2.24) is 0 Å². The summed E-state index contributed by atoms with van der Waals surface area (Å²) in [5.74, 6) is -0.969. The molecular formula is C7H4BrClFNO2. The van der Waals surface area contributed by atoms with Crippen LogP contribution in [0.15, 0.2) is 16.6 Å². The lowest BCUT2D eigenvalue weighted by atomic mass is 10.2. The van der Waals surface area contributed by atoms with Crippen molar-refractivity contribution < 1.29 is 9.31 Å². The third-order valence-corrected chi connectivity index (χ3v) is 2.38. The van der Waals surface area contributed by atoms with E-state index >= 15 is 0 Å².